The summed E-state index contributed by atoms with van der Waals surface area (Å²) in [4.78, 5) is 44.5. The van der Waals surface area contributed by atoms with Crippen LogP contribution in [0.15, 0.2) is 96.4 Å². The van der Waals surface area contributed by atoms with Crippen LogP contribution in [-0.4, -0.2) is 54.4 Å². The average molecular weight is 557 g/mol. The number of ether oxygens (including phenoxy) is 1. The summed E-state index contributed by atoms with van der Waals surface area (Å²) < 4.78 is 5.11. The number of aromatic nitrogens is 1. The first-order valence-electron chi connectivity index (χ1n) is 13.0. The average Bonchev–Trinajstić information content (AvgIpc) is 3.42. The van der Waals surface area contributed by atoms with Gasteiger partial charge in [0.05, 0.1) is 24.8 Å². The van der Waals surface area contributed by atoms with E-state index < -0.39 is 0 Å². The van der Waals surface area contributed by atoms with Crippen LogP contribution in [0.25, 0.3) is 0 Å². The van der Waals surface area contributed by atoms with Crippen molar-refractivity contribution in [3.63, 3.8) is 0 Å². The summed E-state index contributed by atoms with van der Waals surface area (Å²) >= 11 is 1.24. The molecular weight excluding hydrogens is 524 g/mol. The molecule has 0 spiro atoms. The maximum absolute atomic E-state index is 13.0. The van der Waals surface area contributed by atoms with E-state index in [4.69, 9.17) is 4.74 Å². The Labute approximate surface area is 238 Å². The largest absolute Gasteiger partial charge is 0.383 e. The Balaban J connectivity index is 1.35. The van der Waals surface area contributed by atoms with E-state index in [0.717, 1.165) is 11.1 Å². The van der Waals surface area contributed by atoms with Crippen molar-refractivity contribution in [1.29, 1.82) is 0 Å². The maximum atomic E-state index is 13.0. The molecule has 206 valence electrons. The van der Waals surface area contributed by atoms with Crippen molar-refractivity contribution in [2.45, 2.75) is 18.9 Å². The lowest BCUT2D eigenvalue weighted by Crippen LogP contribution is -2.40. The standard InChI is InChI=1S/C31H32N4O4S/c1-39-18-17-35(30(38)25-15-9-4-10-16-25)21-29(37)34-31-32-26(22-40-31)20-28(36)33-27(24-13-7-3-8-14-24)19-23-11-5-2-6-12-23/h2-16,22,27H,17-21H2,1H3,(H,33,36)(H,32,34,37). The van der Waals surface area contributed by atoms with E-state index >= 15 is 0 Å². The topological polar surface area (TPSA) is 101 Å². The lowest BCUT2D eigenvalue weighted by Gasteiger charge is -2.21. The first-order valence-corrected chi connectivity index (χ1v) is 13.9. The van der Waals surface area contributed by atoms with Crippen LogP contribution in [0.2, 0.25) is 0 Å². The van der Waals surface area contributed by atoms with Crippen molar-refractivity contribution in [2.24, 2.45) is 0 Å². The van der Waals surface area contributed by atoms with Gasteiger partial charge in [-0.25, -0.2) is 4.98 Å². The minimum absolute atomic E-state index is 0.0803. The number of benzene rings is 3. The molecule has 0 aliphatic heterocycles. The normalized spacial score (nSPS) is 11.4. The van der Waals surface area contributed by atoms with Gasteiger partial charge in [0.25, 0.3) is 5.91 Å². The fourth-order valence-corrected chi connectivity index (χ4v) is 4.92. The summed E-state index contributed by atoms with van der Waals surface area (Å²) in [6.07, 6.45) is 0.743. The number of thiazole rings is 1. The van der Waals surface area contributed by atoms with Crippen molar-refractivity contribution in [3.8, 4) is 0 Å². The van der Waals surface area contributed by atoms with E-state index in [0.29, 0.717) is 29.4 Å². The number of rotatable bonds is 13. The lowest BCUT2D eigenvalue weighted by atomic mass is 9.98. The number of carbonyl (C=O) groups is 3. The highest BCUT2D eigenvalue weighted by Crippen LogP contribution is 2.20. The highest BCUT2D eigenvalue weighted by molar-refractivity contribution is 7.13. The molecule has 8 nitrogen and oxygen atoms in total. The minimum Gasteiger partial charge on any atom is -0.383 e. The van der Waals surface area contributed by atoms with E-state index in [1.54, 1.807) is 36.8 Å². The van der Waals surface area contributed by atoms with Gasteiger partial charge in [-0.3, -0.25) is 14.4 Å². The quantitative estimate of drug-likeness (QED) is 0.252. The van der Waals surface area contributed by atoms with E-state index in [1.807, 2.05) is 66.7 Å². The molecule has 1 unspecified atom stereocenters. The third kappa shape index (κ3) is 8.59. The van der Waals surface area contributed by atoms with Gasteiger partial charge in [0.2, 0.25) is 11.8 Å². The zero-order chi connectivity index (χ0) is 28.2. The number of nitrogens with one attached hydrogen (secondary N) is 2. The molecule has 1 aromatic heterocycles. The smallest absolute Gasteiger partial charge is 0.254 e. The van der Waals surface area contributed by atoms with Crippen LogP contribution in [-0.2, 0) is 27.2 Å². The van der Waals surface area contributed by atoms with Crippen LogP contribution in [0.1, 0.15) is 33.2 Å². The molecular formula is C31H32N4O4S. The third-order valence-electron chi connectivity index (χ3n) is 6.17. The Morgan fingerprint density at radius 2 is 1.55 bits per heavy atom. The van der Waals surface area contributed by atoms with E-state index in [-0.39, 0.29) is 43.3 Å². The minimum atomic E-state index is -0.377. The Kier molecular flexibility index (Phi) is 10.5. The van der Waals surface area contributed by atoms with Crippen LogP contribution >= 0.6 is 11.3 Å². The van der Waals surface area contributed by atoms with Gasteiger partial charge in [0.1, 0.15) is 6.54 Å². The molecule has 0 aliphatic rings. The molecule has 3 aromatic carbocycles. The highest BCUT2D eigenvalue weighted by Gasteiger charge is 2.20. The molecule has 1 atom stereocenters. The second-order valence-corrected chi connectivity index (χ2v) is 10.0. The molecule has 4 rings (SSSR count). The third-order valence-corrected chi connectivity index (χ3v) is 6.97. The molecule has 0 saturated heterocycles. The molecule has 0 radical (unpaired) electrons. The second kappa shape index (κ2) is 14.7. The number of nitrogens with zero attached hydrogens (tertiary/aromatic N) is 2. The zero-order valence-corrected chi connectivity index (χ0v) is 23.1. The molecule has 40 heavy (non-hydrogen) atoms. The van der Waals surface area contributed by atoms with Crippen LogP contribution in [0.4, 0.5) is 5.13 Å². The summed E-state index contributed by atoms with van der Waals surface area (Å²) in [5, 5.41) is 8.01. The predicted molar refractivity (Wildman–Crippen MR) is 156 cm³/mol. The molecule has 0 aliphatic carbocycles. The molecule has 0 saturated carbocycles. The van der Waals surface area contributed by atoms with E-state index in [9.17, 15) is 14.4 Å². The molecule has 9 heteroatoms. The van der Waals surface area contributed by atoms with Crippen LogP contribution in [0.5, 0.6) is 0 Å². The summed E-state index contributed by atoms with van der Waals surface area (Å²) in [6.45, 7) is 0.424. The number of carbonyl (C=O) groups excluding carboxylic acids is 3. The van der Waals surface area contributed by atoms with Crippen LogP contribution < -0.4 is 10.6 Å². The van der Waals surface area contributed by atoms with Crippen LogP contribution in [0.3, 0.4) is 0 Å². The van der Waals surface area contributed by atoms with Crippen molar-refractivity contribution in [2.75, 3.05) is 32.1 Å². The van der Waals surface area contributed by atoms with Crippen molar-refractivity contribution in [1.82, 2.24) is 15.2 Å². The van der Waals surface area contributed by atoms with Gasteiger partial charge in [-0.2, -0.15) is 0 Å². The molecule has 0 fully saturated rings. The summed E-state index contributed by atoms with van der Waals surface area (Å²) in [7, 11) is 1.54. The summed E-state index contributed by atoms with van der Waals surface area (Å²) in [6, 6.07) is 28.5. The Morgan fingerprint density at radius 1 is 0.900 bits per heavy atom. The Hall–Kier alpha value is -4.34. The predicted octanol–water partition coefficient (Wildman–Crippen LogP) is 4.51. The molecule has 2 N–H and O–H groups in total. The fraction of sp³-hybridized carbons (Fsp3) is 0.226. The Morgan fingerprint density at radius 3 is 2.23 bits per heavy atom. The Bertz CT molecular complexity index is 1380. The fourth-order valence-electron chi connectivity index (χ4n) is 4.19. The van der Waals surface area contributed by atoms with Crippen molar-refractivity contribution < 1.29 is 19.1 Å². The maximum Gasteiger partial charge on any atom is 0.254 e. The van der Waals surface area contributed by atoms with E-state index in [1.165, 1.54) is 16.2 Å². The lowest BCUT2D eigenvalue weighted by molar-refractivity contribution is -0.121. The summed E-state index contributed by atoms with van der Waals surface area (Å²) in [5.74, 6) is -0.794. The molecule has 1 heterocycles. The number of methoxy groups -OCH3 is 1. The van der Waals surface area contributed by atoms with Gasteiger partial charge in [-0.05, 0) is 29.7 Å². The zero-order valence-electron chi connectivity index (χ0n) is 22.3. The number of amides is 3. The number of hydrogen-bond donors (Lipinski definition) is 2. The van der Waals surface area contributed by atoms with Gasteiger partial charge in [0, 0.05) is 24.6 Å². The van der Waals surface area contributed by atoms with Gasteiger partial charge in [-0.15, -0.1) is 11.3 Å². The van der Waals surface area contributed by atoms with Gasteiger partial charge >= 0.3 is 0 Å². The van der Waals surface area contributed by atoms with Crippen molar-refractivity contribution >= 4 is 34.2 Å². The van der Waals surface area contributed by atoms with Gasteiger partial charge < -0.3 is 20.3 Å². The molecule has 3 amide bonds. The van der Waals surface area contributed by atoms with Crippen molar-refractivity contribution in [3.05, 3.63) is 119 Å². The number of anilines is 1. The first-order chi connectivity index (χ1) is 19.5. The molecule has 0 bridgehead atoms. The van der Waals surface area contributed by atoms with Gasteiger partial charge in [-0.1, -0.05) is 78.9 Å². The van der Waals surface area contributed by atoms with Gasteiger partial charge in [0.15, 0.2) is 5.13 Å². The second-order valence-electron chi connectivity index (χ2n) is 9.17. The van der Waals surface area contributed by atoms with E-state index in [2.05, 4.69) is 15.6 Å². The number of hydrogen-bond acceptors (Lipinski definition) is 6. The first kappa shape index (κ1) is 28.7. The summed E-state index contributed by atoms with van der Waals surface area (Å²) in [5.41, 5.74) is 3.20. The highest BCUT2D eigenvalue weighted by atomic mass is 32.1. The molecule has 4 aromatic rings. The van der Waals surface area contributed by atoms with Crippen LogP contribution in [0, 0.1) is 0 Å². The monoisotopic (exact) mass is 556 g/mol. The SMILES string of the molecule is COCCN(CC(=O)Nc1nc(CC(=O)NC(Cc2ccccc2)c2ccccc2)cs1)C(=O)c1ccccc1.